The molecule has 0 bridgehead atoms. The van der Waals surface area contributed by atoms with E-state index in [1.807, 2.05) is 31.2 Å². The highest BCUT2D eigenvalue weighted by molar-refractivity contribution is 5.97. The quantitative estimate of drug-likeness (QED) is 0.711. The summed E-state index contributed by atoms with van der Waals surface area (Å²) in [6, 6.07) is 9.52. The lowest BCUT2D eigenvalue weighted by Crippen LogP contribution is -2.37. The maximum Gasteiger partial charge on any atom is 0.255 e. The molecule has 3 aromatic rings. The Hall–Kier alpha value is -3.09. The zero-order valence-corrected chi connectivity index (χ0v) is 15.1. The molecule has 3 rings (SSSR count). The number of hydrogen-bond donors (Lipinski definition) is 2. The van der Waals surface area contributed by atoms with Crippen LogP contribution >= 0.6 is 0 Å². The van der Waals surface area contributed by atoms with Gasteiger partial charge in [-0.2, -0.15) is 0 Å². The fourth-order valence-corrected chi connectivity index (χ4v) is 2.97. The number of nitrogens with one attached hydrogen (secondary N) is 2. The van der Waals surface area contributed by atoms with Gasteiger partial charge in [-0.25, -0.2) is 4.98 Å². The van der Waals surface area contributed by atoms with Crippen LogP contribution in [0.5, 0.6) is 0 Å². The topological polar surface area (TPSA) is 89.2 Å². The molecule has 7 nitrogen and oxygen atoms in total. The molecule has 0 atom stereocenters. The van der Waals surface area contributed by atoms with E-state index in [2.05, 4.69) is 20.2 Å². The summed E-state index contributed by atoms with van der Waals surface area (Å²) in [4.78, 5) is 28.7. The Morgan fingerprint density at radius 2 is 1.96 bits per heavy atom. The molecule has 0 unspecified atom stereocenters. The van der Waals surface area contributed by atoms with Crippen LogP contribution in [0.3, 0.4) is 0 Å². The van der Waals surface area contributed by atoms with Gasteiger partial charge < -0.3 is 19.6 Å². The Morgan fingerprint density at radius 1 is 1.19 bits per heavy atom. The first-order valence-corrected chi connectivity index (χ1v) is 8.55. The van der Waals surface area contributed by atoms with E-state index < -0.39 is 0 Å². The van der Waals surface area contributed by atoms with E-state index >= 15 is 0 Å². The van der Waals surface area contributed by atoms with Crippen molar-refractivity contribution in [2.24, 2.45) is 0 Å². The van der Waals surface area contributed by atoms with Crippen LogP contribution in [0.15, 0.2) is 34.7 Å². The van der Waals surface area contributed by atoms with Crippen LogP contribution in [0.1, 0.15) is 34.6 Å². The number of fused-ring (bicyclic) bond motifs is 1. The van der Waals surface area contributed by atoms with Gasteiger partial charge in [0.1, 0.15) is 17.3 Å². The predicted molar refractivity (Wildman–Crippen MR) is 97.8 cm³/mol. The maximum absolute atomic E-state index is 12.1. The van der Waals surface area contributed by atoms with Gasteiger partial charge in [-0.15, -0.1) is 0 Å². The molecule has 0 spiro atoms. The second-order valence-corrected chi connectivity index (χ2v) is 6.05. The molecule has 26 heavy (non-hydrogen) atoms. The highest BCUT2D eigenvalue weighted by atomic mass is 16.3. The molecule has 0 fully saturated rings. The zero-order chi connectivity index (χ0) is 18.7. The average Bonchev–Trinajstić information content (AvgIpc) is 3.16. The minimum Gasteiger partial charge on any atom is -0.466 e. The number of amides is 2. The van der Waals surface area contributed by atoms with Crippen molar-refractivity contribution in [1.29, 1.82) is 0 Å². The van der Waals surface area contributed by atoms with E-state index in [0.29, 0.717) is 23.6 Å². The van der Waals surface area contributed by atoms with E-state index in [9.17, 15) is 9.59 Å². The van der Waals surface area contributed by atoms with Crippen LogP contribution in [-0.2, 0) is 17.9 Å². The van der Waals surface area contributed by atoms with E-state index in [0.717, 1.165) is 23.4 Å². The lowest BCUT2D eigenvalue weighted by Gasteiger charge is -2.08. The van der Waals surface area contributed by atoms with Gasteiger partial charge in [-0.05, 0) is 39.0 Å². The predicted octanol–water partition coefficient (Wildman–Crippen LogP) is 2.31. The molecule has 0 saturated heterocycles. The summed E-state index contributed by atoms with van der Waals surface area (Å²) in [5, 5.41) is 5.41. The number of nitrogens with zero attached hydrogens (tertiary/aromatic N) is 2. The van der Waals surface area contributed by atoms with Gasteiger partial charge in [0.15, 0.2) is 0 Å². The highest BCUT2D eigenvalue weighted by Gasteiger charge is 2.15. The van der Waals surface area contributed by atoms with Crippen molar-refractivity contribution in [2.75, 3.05) is 6.54 Å². The lowest BCUT2D eigenvalue weighted by molar-refractivity contribution is -0.120. The number of rotatable bonds is 6. The third kappa shape index (κ3) is 3.61. The van der Waals surface area contributed by atoms with Crippen LogP contribution < -0.4 is 10.6 Å². The Kier molecular flexibility index (Phi) is 5.06. The standard InChI is InChI=1S/C19H22N4O3/c1-4-23-16-8-6-5-7-15(16)22-17(23)10-20-18(24)11-21-19(25)14-9-12(2)26-13(14)3/h5-9H,4,10-11H2,1-3H3,(H,20,24)(H,21,25). The Morgan fingerprint density at radius 3 is 2.65 bits per heavy atom. The summed E-state index contributed by atoms with van der Waals surface area (Å²) in [6.45, 7) is 6.50. The van der Waals surface area contributed by atoms with E-state index in [1.54, 1.807) is 19.9 Å². The third-order valence-corrected chi connectivity index (χ3v) is 4.19. The number of hydrogen-bond acceptors (Lipinski definition) is 4. The Labute approximate surface area is 151 Å². The van der Waals surface area contributed by atoms with Gasteiger partial charge in [0, 0.05) is 6.54 Å². The first kappa shape index (κ1) is 17.7. The van der Waals surface area contributed by atoms with Gasteiger partial charge in [0.05, 0.1) is 29.7 Å². The van der Waals surface area contributed by atoms with Gasteiger partial charge in [-0.1, -0.05) is 12.1 Å². The van der Waals surface area contributed by atoms with Gasteiger partial charge in [0.2, 0.25) is 5.91 Å². The summed E-state index contributed by atoms with van der Waals surface area (Å²) < 4.78 is 7.39. The highest BCUT2D eigenvalue weighted by Crippen LogP contribution is 2.16. The molecule has 0 aliphatic carbocycles. The number of imidazole rings is 1. The lowest BCUT2D eigenvalue weighted by atomic mass is 10.2. The molecule has 2 heterocycles. The monoisotopic (exact) mass is 354 g/mol. The molecule has 136 valence electrons. The van der Waals surface area contributed by atoms with E-state index in [1.165, 1.54) is 0 Å². The van der Waals surface area contributed by atoms with Crippen LogP contribution in [0.25, 0.3) is 11.0 Å². The summed E-state index contributed by atoms with van der Waals surface area (Å²) in [6.07, 6.45) is 0. The van der Waals surface area contributed by atoms with E-state index in [-0.39, 0.29) is 18.4 Å². The number of carbonyl (C=O) groups excluding carboxylic acids is 2. The minimum atomic E-state index is -0.324. The molecule has 7 heteroatoms. The van der Waals surface area contributed by atoms with Crippen molar-refractivity contribution in [3.05, 3.63) is 53.2 Å². The molecule has 2 aromatic heterocycles. The normalized spacial score (nSPS) is 10.9. The second-order valence-electron chi connectivity index (χ2n) is 6.05. The van der Waals surface area contributed by atoms with Crippen LogP contribution in [0, 0.1) is 13.8 Å². The molecule has 0 saturated carbocycles. The average molecular weight is 354 g/mol. The number of benzene rings is 1. The first-order valence-electron chi connectivity index (χ1n) is 8.55. The summed E-state index contributed by atoms with van der Waals surface area (Å²) in [7, 11) is 0. The van der Waals surface area contributed by atoms with Crippen molar-refractivity contribution >= 4 is 22.8 Å². The molecule has 0 aliphatic rings. The molecule has 2 amide bonds. The number of aromatic nitrogens is 2. The minimum absolute atomic E-state index is 0.102. The number of aryl methyl sites for hydroxylation is 3. The SMILES string of the molecule is CCn1c(CNC(=O)CNC(=O)c2cc(C)oc2C)nc2ccccc21. The van der Waals surface area contributed by atoms with E-state index in [4.69, 9.17) is 4.42 Å². The Bertz CT molecular complexity index is 955. The Balaban J connectivity index is 1.58. The van der Waals surface area contributed by atoms with Gasteiger partial charge >= 0.3 is 0 Å². The maximum atomic E-state index is 12.1. The fraction of sp³-hybridized carbons (Fsp3) is 0.316. The number of carbonyl (C=O) groups is 2. The summed E-state index contributed by atoms with van der Waals surface area (Å²) in [5.41, 5.74) is 2.39. The second kappa shape index (κ2) is 7.43. The molecular formula is C19H22N4O3. The van der Waals surface area contributed by atoms with Crippen molar-refractivity contribution in [1.82, 2.24) is 20.2 Å². The zero-order valence-electron chi connectivity index (χ0n) is 15.1. The smallest absolute Gasteiger partial charge is 0.255 e. The summed E-state index contributed by atoms with van der Waals surface area (Å²) in [5.74, 6) is 1.39. The molecule has 2 N–H and O–H groups in total. The summed E-state index contributed by atoms with van der Waals surface area (Å²) >= 11 is 0. The molecule has 0 radical (unpaired) electrons. The van der Waals surface area contributed by atoms with Crippen LogP contribution in [0.4, 0.5) is 0 Å². The molecule has 0 aliphatic heterocycles. The van der Waals surface area contributed by atoms with Crippen molar-refractivity contribution in [3.8, 4) is 0 Å². The largest absolute Gasteiger partial charge is 0.466 e. The third-order valence-electron chi connectivity index (χ3n) is 4.19. The van der Waals surface area contributed by atoms with Crippen molar-refractivity contribution < 1.29 is 14.0 Å². The number of para-hydroxylation sites is 2. The molecular weight excluding hydrogens is 332 g/mol. The van der Waals surface area contributed by atoms with Gasteiger partial charge in [0.25, 0.3) is 5.91 Å². The molecule has 1 aromatic carbocycles. The van der Waals surface area contributed by atoms with Crippen molar-refractivity contribution in [3.63, 3.8) is 0 Å². The van der Waals surface area contributed by atoms with Crippen molar-refractivity contribution in [2.45, 2.75) is 33.9 Å². The van der Waals surface area contributed by atoms with Gasteiger partial charge in [-0.3, -0.25) is 9.59 Å². The first-order chi connectivity index (χ1) is 12.5. The number of furan rings is 1. The van der Waals surface area contributed by atoms with Crippen LogP contribution in [0.2, 0.25) is 0 Å². The van der Waals surface area contributed by atoms with Crippen LogP contribution in [-0.4, -0.2) is 27.9 Å². The fourth-order valence-electron chi connectivity index (χ4n) is 2.97.